The Morgan fingerprint density at radius 2 is 1.38 bits per heavy atom. The van der Waals surface area contributed by atoms with Gasteiger partial charge < -0.3 is 18.9 Å². The first-order valence-corrected chi connectivity index (χ1v) is 14.0. The summed E-state index contributed by atoms with van der Waals surface area (Å²) in [4.78, 5) is 0. The van der Waals surface area contributed by atoms with E-state index in [0.717, 1.165) is 61.2 Å². The maximum atomic E-state index is 14.6. The van der Waals surface area contributed by atoms with Crippen LogP contribution in [0, 0.1) is 5.82 Å². The Labute approximate surface area is 244 Å². The minimum absolute atomic E-state index is 0.249. The fourth-order valence-electron chi connectivity index (χ4n) is 6.78. The number of hydrogen-bond donors (Lipinski definition) is 0. The highest BCUT2D eigenvalue weighted by Crippen LogP contribution is 2.59. The van der Waals surface area contributed by atoms with Crippen LogP contribution >= 0.6 is 0 Å². The molecule has 7 rings (SSSR count). The van der Waals surface area contributed by atoms with Crippen molar-refractivity contribution in [2.24, 2.45) is 0 Å². The van der Waals surface area contributed by atoms with E-state index in [1.807, 2.05) is 60.7 Å². The van der Waals surface area contributed by atoms with Gasteiger partial charge in [0.25, 0.3) is 0 Å². The number of ether oxygens (including phenoxy) is 4. The molecule has 1 aliphatic carbocycles. The van der Waals surface area contributed by atoms with E-state index in [9.17, 15) is 4.39 Å². The second-order valence-electron chi connectivity index (χ2n) is 11.3. The van der Waals surface area contributed by atoms with Gasteiger partial charge in [-0.2, -0.15) is 0 Å². The van der Waals surface area contributed by atoms with Gasteiger partial charge in [-0.15, -0.1) is 0 Å². The number of fused-ring (bicyclic) bond motifs is 8. The standard InChI is InChI=1S/C37H31FO4/c1-36(2)30-19-24(38)13-16-26(30)33-28-20-31(40-4)32(41-5)21-29(28)35-27(34(33)36)17-18-37(42-35,22-9-7-6-8-10-22)23-11-14-25(39-3)15-12-23/h6-21H,1-5H3. The highest BCUT2D eigenvalue weighted by molar-refractivity contribution is 6.09. The molecule has 2 aliphatic rings. The molecule has 0 radical (unpaired) electrons. The Kier molecular flexibility index (Phi) is 5.84. The molecule has 1 atom stereocenters. The third-order valence-electron chi connectivity index (χ3n) is 8.82. The van der Waals surface area contributed by atoms with E-state index in [1.165, 1.54) is 6.07 Å². The van der Waals surface area contributed by atoms with Crippen molar-refractivity contribution in [3.63, 3.8) is 0 Å². The van der Waals surface area contributed by atoms with Gasteiger partial charge in [0.05, 0.1) is 21.3 Å². The number of methoxy groups -OCH3 is 3. The van der Waals surface area contributed by atoms with Gasteiger partial charge >= 0.3 is 0 Å². The predicted octanol–water partition coefficient (Wildman–Crippen LogP) is 8.66. The molecule has 0 N–H and O–H groups in total. The summed E-state index contributed by atoms with van der Waals surface area (Å²) in [7, 11) is 4.94. The topological polar surface area (TPSA) is 36.9 Å². The van der Waals surface area contributed by atoms with E-state index >= 15 is 0 Å². The monoisotopic (exact) mass is 558 g/mol. The van der Waals surface area contributed by atoms with E-state index < -0.39 is 11.0 Å². The van der Waals surface area contributed by atoms with Crippen LogP contribution in [-0.2, 0) is 11.0 Å². The molecule has 42 heavy (non-hydrogen) atoms. The summed E-state index contributed by atoms with van der Waals surface area (Å²) >= 11 is 0. The third kappa shape index (κ3) is 3.59. The van der Waals surface area contributed by atoms with Gasteiger partial charge in [0.15, 0.2) is 17.1 Å². The molecular weight excluding hydrogens is 527 g/mol. The predicted molar refractivity (Wildman–Crippen MR) is 164 cm³/mol. The summed E-state index contributed by atoms with van der Waals surface area (Å²) in [6.45, 7) is 4.31. The summed E-state index contributed by atoms with van der Waals surface area (Å²) in [5.41, 5.74) is 5.69. The largest absolute Gasteiger partial charge is 0.497 e. The number of hydrogen-bond acceptors (Lipinski definition) is 4. The molecule has 0 bridgehead atoms. The summed E-state index contributed by atoms with van der Waals surface area (Å²) < 4.78 is 38.9. The summed E-state index contributed by atoms with van der Waals surface area (Å²) in [5.74, 6) is 2.50. The second-order valence-corrected chi connectivity index (χ2v) is 11.3. The fraction of sp³-hybridized carbons (Fsp3) is 0.189. The molecule has 5 aromatic carbocycles. The first-order chi connectivity index (χ1) is 20.3. The van der Waals surface area contributed by atoms with Gasteiger partial charge in [-0.3, -0.25) is 0 Å². The lowest BCUT2D eigenvalue weighted by atomic mass is 9.76. The van der Waals surface area contributed by atoms with Crippen molar-refractivity contribution < 1.29 is 23.3 Å². The van der Waals surface area contributed by atoms with Crippen molar-refractivity contribution in [3.05, 3.63) is 125 Å². The van der Waals surface area contributed by atoms with E-state index in [0.29, 0.717) is 11.5 Å². The van der Waals surface area contributed by atoms with Gasteiger partial charge in [-0.05, 0) is 70.1 Å². The van der Waals surface area contributed by atoms with Crippen LogP contribution in [0.15, 0.2) is 91.0 Å². The van der Waals surface area contributed by atoms with Crippen molar-refractivity contribution in [2.75, 3.05) is 21.3 Å². The first-order valence-electron chi connectivity index (χ1n) is 14.0. The van der Waals surface area contributed by atoms with Gasteiger partial charge in [0, 0.05) is 27.5 Å². The zero-order chi connectivity index (χ0) is 29.2. The molecule has 5 heteroatoms. The Hall–Kier alpha value is -4.77. The Morgan fingerprint density at radius 3 is 2.05 bits per heavy atom. The molecule has 1 aliphatic heterocycles. The van der Waals surface area contributed by atoms with E-state index in [4.69, 9.17) is 18.9 Å². The van der Waals surface area contributed by atoms with Crippen LogP contribution in [0.3, 0.4) is 0 Å². The van der Waals surface area contributed by atoms with Gasteiger partial charge in [-0.1, -0.05) is 68.5 Å². The molecule has 0 saturated carbocycles. The minimum Gasteiger partial charge on any atom is -0.497 e. The van der Waals surface area contributed by atoms with Crippen LogP contribution in [0.5, 0.6) is 23.0 Å². The first kappa shape index (κ1) is 26.1. The molecule has 0 aromatic heterocycles. The zero-order valence-corrected chi connectivity index (χ0v) is 24.2. The summed E-state index contributed by atoms with van der Waals surface area (Å²) in [6, 6.07) is 27.3. The smallest absolute Gasteiger partial charge is 0.178 e. The molecule has 0 amide bonds. The lowest BCUT2D eigenvalue weighted by Crippen LogP contribution is -2.35. The Morgan fingerprint density at radius 1 is 0.714 bits per heavy atom. The van der Waals surface area contributed by atoms with Crippen molar-refractivity contribution in [3.8, 4) is 34.1 Å². The molecule has 0 spiro atoms. The number of benzene rings is 5. The van der Waals surface area contributed by atoms with Crippen LogP contribution < -0.4 is 18.9 Å². The van der Waals surface area contributed by atoms with Crippen molar-refractivity contribution in [1.29, 1.82) is 0 Å². The van der Waals surface area contributed by atoms with Gasteiger partial charge in [0.2, 0.25) is 0 Å². The highest BCUT2D eigenvalue weighted by Gasteiger charge is 2.44. The Balaban J connectivity index is 1.59. The SMILES string of the molecule is COc1ccc(C2(c3ccccc3)C=Cc3c4c(c5cc(OC)c(OC)cc5c3O2)-c2ccc(F)cc2C4(C)C)cc1. The second kappa shape index (κ2) is 9.38. The fourth-order valence-corrected chi connectivity index (χ4v) is 6.78. The lowest BCUT2D eigenvalue weighted by Gasteiger charge is -2.38. The number of halogens is 1. The lowest BCUT2D eigenvalue weighted by molar-refractivity contribution is 0.163. The maximum absolute atomic E-state index is 14.6. The van der Waals surface area contributed by atoms with Crippen LogP contribution in [0.2, 0.25) is 0 Å². The van der Waals surface area contributed by atoms with E-state index in [-0.39, 0.29) is 5.82 Å². The zero-order valence-electron chi connectivity index (χ0n) is 24.2. The molecule has 0 saturated heterocycles. The van der Waals surface area contributed by atoms with Crippen LogP contribution in [0.4, 0.5) is 4.39 Å². The highest BCUT2D eigenvalue weighted by atomic mass is 19.1. The van der Waals surface area contributed by atoms with Crippen LogP contribution in [-0.4, -0.2) is 21.3 Å². The van der Waals surface area contributed by atoms with Crippen LogP contribution in [0.25, 0.3) is 28.0 Å². The maximum Gasteiger partial charge on any atom is 0.178 e. The molecular formula is C37H31FO4. The van der Waals surface area contributed by atoms with Crippen molar-refractivity contribution in [1.82, 2.24) is 0 Å². The van der Waals surface area contributed by atoms with Crippen molar-refractivity contribution in [2.45, 2.75) is 24.9 Å². The summed E-state index contributed by atoms with van der Waals surface area (Å²) in [6.07, 6.45) is 4.31. The molecule has 4 nitrogen and oxygen atoms in total. The van der Waals surface area contributed by atoms with E-state index in [1.54, 1.807) is 27.4 Å². The third-order valence-corrected chi connectivity index (χ3v) is 8.82. The van der Waals surface area contributed by atoms with Crippen molar-refractivity contribution >= 4 is 16.8 Å². The molecule has 210 valence electrons. The molecule has 1 heterocycles. The molecule has 0 fully saturated rings. The van der Waals surface area contributed by atoms with E-state index in [2.05, 4.69) is 38.1 Å². The molecule has 5 aromatic rings. The normalized spacial score (nSPS) is 17.7. The minimum atomic E-state index is -0.906. The van der Waals surface area contributed by atoms with Gasteiger partial charge in [-0.25, -0.2) is 4.39 Å². The average molecular weight is 559 g/mol. The number of rotatable bonds is 5. The molecule has 1 unspecified atom stereocenters. The average Bonchev–Trinajstić information content (AvgIpc) is 3.26. The quantitative estimate of drug-likeness (QED) is 0.216. The van der Waals surface area contributed by atoms with Gasteiger partial charge in [0.1, 0.15) is 17.3 Å². The summed E-state index contributed by atoms with van der Waals surface area (Å²) in [5, 5.41) is 1.86. The van der Waals surface area contributed by atoms with Crippen LogP contribution in [0.1, 0.15) is 41.7 Å². The Bertz CT molecular complexity index is 1890.